The van der Waals surface area contributed by atoms with Crippen molar-refractivity contribution in [2.45, 2.75) is 17.1 Å². The zero-order valence-electron chi connectivity index (χ0n) is 15.2. The van der Waals surface area contributed by atoms with Crippen molar-refractivity contribution in [1.82, 2.24) is 14.9 Å². The average molecular weight is 402 g/mol. The molecule has 0 saturated carbocycles. The molecule has 0 fully saturated rings. The van der Waals surface area contributed by atoms with Crippen molar-refractivity contribution in [2.75, 3.05) is 11.9 Å². The number of hydrogen-bond donors (Lipinski definition) is 2. The first-order chi connectivity index (χ1) is 13.5. The fourth-order valence-electron chi connectivity index (χ4n) is 2.69. The van der Waals surface area contributed by atoms with Crippen LogP contribution in [0.25, 0.3) is 0 Å². The van der Waals surface area contributed by atoms with Gasteiger partial charge in [-0.05, 0) is 36.4 Å². The SMILES string of the molecule is Cn1ccnc1CCNC(=O)c1ccccc1Nc1ccc(SC(F)F)cc1. The molecule has 28 heavy (non-hydrogen) atoms. The molecule has 0 bridgehead atoms. The molecular formula is C20H20F2N4OS. The molecule has 0 unspecified atom stereocenters. The number of carbonyl (C=O) groups is 1. The van der Waals surface area contributed by atoms with E-state index in [2.05, 4.69) is 15.6 Å². The minimum Gasteiger partial charge on any atom is -0.355 e. The summed E-state index contributed by atoms with van der Waals surface area (Å²) < 4.78 is 26.8. The Morgan fingerprint density at radius 1 is 1.18 bits per heavy atom. The summed E-state index contributed by atoms with van der Waals surface area (Å²) in [5.41, 5.74) is 1.87. The zero-order valence-corrected chi connectivity index (χ0v) is 16.0. The molecule has 0 radical (unpaired) electrons. The van der Waals surface area contributed by atoms with Crippen molar-refractivity contribution < 1.29 is 13.6 Å². The van der Waals surface area contributed by atoms with E-state index in [9.17, 15) is 13.6 Å². The van der Waals surface area contributed by atoms with Gasteiger partial charge in [0.15, 0.2) is 0 Å². The van der Waals surface area contributed by atoms with Gasteiger partial charge in [0.2, 0.25) is 0 Å². The van der Waals surface area contributed by atoms with Gasteiger partial charge in [0, 0.05) is 43.0 Å². The highest BCUT2D eigenvalue weighted by molar-refractivity contribution is 7.99. The molecule has 5 nitrogen and oxygen atoms in total. The van der Waals surface area contributed by atoms with Crippen LogP contribution in [0.5, 0.6) is 0 Å². The first-order valence-electron chi connectivity index (χ1n) is 8.68. The van der Waals surface area contributed by atoms with E-state index in [1.807, 2.05) is 23.9 Å². The van der Waals surface area contributed by atoms with Gasteiger partial charge in [-0.2, -0.15) is 8.78 Å². The second kappa shape index (κ2) is 9.36. The summed E-state index contributed by atoms with van der Waals surface area (Å²) in [6.45, 7) is 0.470. The van der Waals surface area contributed by atoms with E-state index in [1.165, 1.54) is 0 Å². The highest BCUT2D eigenvalue weighted by Crippen LogP contribution is 2.27. The molecule has 0 saturated heterocycles. The molecule has 3 rings (SSSR count). The number of hydrogen-bond acceptors (Lipinski definition) is 4. The Balaban J connectivity index is 1.63. The summed E-state index contributed by atoms with van der Waals surface area (Å²) in [5.74, 6) is -1.75. The van der Waals surface area contributed by atoms with Gasteiger partial charge in [0.25, 0.3) is 11.7 Å². The summed E-state index contributed by atoms with van der Waals surface area (Å²) in [6, 6.07) is 13.8. The number of carbonyl (C=O) groups excluding carboxylic acids is 1. The summed E-state index contributed by atoms with van der Waals surface area (Å²) in [7, 11) is 1.91. The summed E-state index contributed by atoms with van der Waals surface area (Å²) in [6.07, 6.45) is 4.22. The van der Waals surface area contributed by atoms with Crippen molar-refractivity contribution in [1.29, 1.82) is 0 Å². The molecule has 8 heteroatoms. The topological polar surface area (TPSA) is 59.0 Å². The number of halogens is 2. The van der Waals surface area contributed by atoms with Crippen molar-refractivity contribution in [3.8, 4) is 0 Å². The number of rotatable bonds is 8. The molecular weight excluding hydrogens is 382 g/mol. The summed E-state index contributed by atoms with van der Waals surface area (Å²) in [5, 5.41) is 6.08. The number of amides is 1. The van der Waals surface area contributed by atoms with Gasteiger partial charge in [-0.1, -0.05) is 23.9 Å². The number of aryl methyl sites for hydroxylation is 1. The summed E-state index contributed by atoms with van der Waals surface area (Å²) >= 11 is 0.498. The molecule has 146 valence electrons. The predicted molar refractivity (Wildman–Crippen MR) is 107 cm³/mol. The van der Waals surface area contributed by atoms with E-state index < -0.39 is 5.76 Å². The minimum atomic E-state index is -2.45. The van der Waals surface area contributed by atoms with Gasteiger partial charge < -0.3 is 15.2 Å². The first-order valence-corrected chi connectivity index (χ1v) is 9.56. The van der Waals surface area contributed by atoms with Crippen molar-refractivity contribution in [2.24, 2.45) is 7.05 Å². The van der Waals surface area contributed by atoms with Crippen LogP contribution in [0.15, 0.2) is 65.8 Å². The molecule has 1 heterocycles. The largest absolute Gasteiger partial charge is 0.355 e. The Hall–Kier alpha value is -2.87. The smallest absolute Gasteiger partial charge is 0.288 e. The van der Waals surface area contributed by atoms with E-state index in [4.69, 9.17) is 0 Å². The highest BCUT2D eigenvalue weighted by Gasteiger charge is 2.12. The lowest BCUT2D eigenvalue weighted by Gasteiger charge is -2.13. The molecule has 1 amide bonds. The molecule has 0 aliphatic rings. The maximum absolute atomic E-state index is 12.6. The summed E-state index contributed by atoms with van der Waals surface area (Å²) in [4.78, 5) is 17.3. The number of benzene rings is 2. The number of para-hydroxylation sites is 1. The van der Waals surface area contributed by atoms with E-state index >= 15 is 0 Å². The normalized spacial score (nSPS) is 10.9. The number of nitrogens with zero attached hydrogens (tertiary/aromatic N) is 2. The Morgan fingerprint density at radius 3 is 2.61 bits per heavy atom. The highest BCUT2D eigenvalue weighted by atomic mass is 32.2. The monoisotopic (exact) mass is 402 g/mol. The van der Waals surface area contributed by atoms with Crippen molar-refractivity contribution >= 4 is 29.0 Å². The molecule has 0 atom stereocenters. The maximum Gasteiger partial charge on any atom is 0.288 e. The van der Waals surface area contributed by atoms with Crippen molar-refractivity contribution in [3.05, 3.63) is 72.3 Å². The van der Waals surface area contributed by atoms with Crippen LogP contribution in [0.3, 0.4) is 0 Å². The molecule has 0 aliphatic heterocycles. The minimum absolute atomic E-state index is 0.192. The van der Waals surface area contributed by atoms with E-state index in [-0.39, 0.29) is 5.91 Å². The Morgan fingerprint density at radius 2 is 1.93 bits per heavy atom. The van der Waals surface area contributed by atoms with Gasteiger partial charge in [-0.3, -0.25) is 4.79 Å². The van der Waals surface area contributed by atoms with Crippen LogP contribution >= 0.6 is 11.8 Å². The Bertz CT molecular complexity index is 928. The number of imidazole rings is 1. The van der Waals surface area contributed by atoms with Gasteiger partial charge in [-0.25, -0.2) is 4.98 Å². The van der Waals surface area contributed by atoms with Gasteiger partial charge in [0.1, 0.15) is 5.82 Å². The van der Waals surface area contributed by atoms with E-state index in [1.54, 1.807) is 48.7 Å². The molecule has 0 spiro atoms. The molecule has 2 N–H and O–H groups in total. The third kappa shape index (κ3) is 5.32. The molecule has 3 aromatic rings. The van der Waals surface area contributed by atoms with Crippen LogP contribution in [0.2, 0.25) is 0 Å². The zero-order chi connectivity index (χ0) is 19.9. The third-order valence-corrected chi connectivity index (χ3v) is 4.81. The number of anilines is 2. The number of thioether (sulfide) groups is 1. The molecule has 2 aromatic carbocycles. The lowest BCUT2D eigenvalue weighted by molar-refractivity contribution is 0.0954. The fraction of sp³-hybridized carbons (Fsp3) is 0.200. The quantitative estimate of drug-likeness (QED) is 0.547. The second-order valence-corrected chi connectivity index (χ2v) is 7.10. The lowest BCUT2D eigenvalue weighted by atomic mass is 10.1. The van der Waals surface area contributed by atoms with E-state index in [0.29, 0.717) is 46.6 Å². The van der Waals surface area contributed by atoms with Crippen LogP contribution in [0.1, 0.15) is 16.2 Å². The number of aromatic nitrogens is 2. The van der Waals surface area contributed by atoms with Gasteiger partial charge in [-0.15, -0.1) is 0 Å². The van der Waals surface area contributed by atoms with Crippen LogP contribution in [-0.2, 0) is 13.5 Å². The first kappa shape index (κ1) is 19.9. The number of nitrogens with one attached hydrogen (secondary N) is 2. The Kier molecular flexibility index (Phi) is 6.65. The van der Waals surface area contributed by atoms with Crippen LogP contribution in [0, 0.1) is 0 Å². The average Bonchev–Trinajstić information content (AvgIpc) is 3.08. The fourth-order valence-corrected chi connectivity index (χ4v) is 3.18. The molecule has 0 aliphatic carbocycles. The van der Waals surface area contributed by atoms with Crippen molar-refractivity contribution in [3.63, 3.8) is 0 Å². The standard InChI is InChI=1S/C20H20F2N4OS/c1-26-13-12-23-18(26)10-11-24-19(27)16-4-2-3-5-17(16)25-14-6-8-15(9-7-14)28-20(21)22/h2-9,12-13,20,25H,10-11H2,1H3,(H,24,27). The van der Waals surface area contributed by atoms with E-state index in [0.717, 1.165) is 5.82 Å². The lowest BCUT2D eigenvalue weighted by Crippen LogP contribution is -2.27. The van der Waals surface area contributed by atoms with Crippen LogP contribution < -0.4 is 10.6 Å². The Labute approximate surface area is 166 Å². The third-order valence-electron chi connectivity index (χ3n) is 4.09. The van der Waals surface area contributed by atoms with Crippen LogP contribution in [0.4, 0.5) is 20.2 Å². The predicted octanol–water partition coefficient (Wildman–Crippen LogP) is 4.45. The van der Waals surface area contributed by atoms with Crippen LogP contribution in [-0.4, -0.2) is 27.8 Å². The van der Waals surface area contributed by atoms with Gasteiger partial charge in [0.05, 0.1) is 11.3 Å². The number of alkyl halides is 2. The maximum atomic E-state index is 12.6. The second-order valence-electron chi connectivity index (χ2n) is 6.03. The molecule has 1 aromatic heterocycles. The van der Waals surface area contributed by atoms with Gasteiger partial charge >= 0.3 is 0 Å².